The molecule has 0 saturated carbocycles. The predicted molar refractivity (Wildman–Crippen MR) is 151 cm³/mol. The van der Waals surface area contributed by atoms with Gasteiger partial charge in [-0.3, -0.25) is 19.3 Å². The number of aliphatic hydroxyl groups is 1. The lowest BCUT2D eigenvalue weighted by Gasteiger charge is -2.24. The lowest BCUT2D eigenvalue weighted by atomic mass is 9.95. The third-order valence-electron chi connectivity index (χ3n) is 6.41. The summed E-state index contributed by atoms with van der Waals surface area (Å²) < 4.78 is 25.4. The van der Waals surface area contributed by atoms with E-state index in [4.69, 9.17) is 9.47 Å². The van der Waals surface area contributed by atoms with E-state index < -0.39 is 29.3 Å². The highest BCUT2D eigenvalue weighted by molar-refractivity contribution is 7.18. The van der Waals surface area contributed by atoms with E-state index in [1.807, 2.05) is 6.92 Å². The van der Waals surface area contributed by atoms with Crippen molar-refractivity contribution in [2.75, 3.05) is 18.1 Å². The molecular formula is C30H31FN2O6S. The number of nitrogens with zero attached hydrogens (tertiary/aromatic N) is 2. The van der Waals surface area contributed by atoms with E-state index in [2.05, 4.69) is 18.8 Å². The van der Waals surface area contributed by atoms with Crippen molar-refractivity contribution in [1.29, 1.82) is 0 Å². The van der Waals surface area contributed by atoms with Crippen molar-refractivity contribution < 1.29 is 33.4 Å². The summed E-state index contributed by atoms with van der Waals surface area (Å²) in [5.74, 6) is -1.67. The van der Waals surface area contributed by atoms with E-state index >= 15 is 0 Å². The summed E-state index contributed by atoms with van der Waals surface area (Å²) in [6.07, 6.45) is 0.840. The molecule has 8 nitrogen and oxygen atoms in total. The molecule has 0 bridgehead atoms. The number of anilines is 1. The highest BCUT2D eigenvalue weighted by Crippen LogP contribution is 2.45. The number of carbonyl (C=O) groups is 3. The number of hydrogen-bond acceptors (Lipinski definition) is 8. The molecule has 1 aromatic heterocycles. The molecule has 3 aromatic rings. The van der Waals surface area contributed by atoms with Crippen LogP contribution >= 0.6 is 11.3 Å². The molecule has 40 heavy (non-hydrogen) atoms. The first-order valence-electron chi connectivity index (χ1n) is 13.0. The Kier molecular flexibility index (Phi) is 8.68. The van der Waals surface area contributed by atoms with E-state index in [1.165, 1.54) is 24.0 Å². The fraction of sp³-hybridized carbons (Fsp3) is 0.333. The Morgan fingerprint density at radius 3 is 2.42 bits per heavy atom. The molecule has 210 valence electrons. The first-order chi connectivity index (χ1) is 19.0. The molecule has 2 aromatic carbocycles. The summed E-state index contributed by atoms with van der Waals surface area (Å²) in [7, 11) is 0. The molecular weight excluding hydrogens is 535 g/mol. The van der Waals surface area contributed by atoms with Gasteiger partial charge in [0.25, 0.3) is 5.78 Å². The number of Topliss-reactive ketones (excluding diaryl/α,β-unsaturated/α-hetero) is 2. The summed E-state index contributed by atoms with van der Waals surface area (Å²) in [6, 6.07) is 8.93. The van der Waals surface area contributed by atoms with Crippen LogP contribution in [0.15, 0.2) is 48.0 Å². The van der Waals surface area contributed by atoms with Crippen LogP contribution in [-0.4, -0.2) is 40.8 Å². The van der Waals surface area contributed by atoms with Gasteiger partial charge in [-0.25, -0.2) is 9.37 Å². The minimum Gasteiger partial charge on any atom is -0.507 e. The number of thiazole rings is 1. The molecule has 1 aliphatic heterocycles. The van der Waals surface area contributed by atoms with E-state index in [0.717, 1.165) is 29.9 Å². The Bertz CT molecular complexity index is 1480. The first-order valence-corrected chi connectivity index (χ1v) is 13.8. The van der Waals surface area contributed by atoms with Crippen molar-refractivity contribution in [1.82, 2.24) is 4.98 Å². The van der Waals surface area contributed by atoms with Gasteiger partial charge in [-0.1, -0.05) is 31.3 Å². The summed E-state index contributed by atoms with van der Waals surface area (Å²) in [6.45, 7) is 9.89. The van der Waals surface area contributed by atoms with Crippen molar-refractivity contribution in [2.45, 2.75) is 47.1 Å². The summed E-state index contributed by atoms with van der Waals surface area (Å²) in [4.78, 5) is 45.0. The molecule has 0 spiro atoms. The lowest BCUT2D eigenvalue weighted by molar-refractivity contribution is -0.132. The molecule has 1 saturated heterocycles. The maximum atomic E-state index is 13.6. The van der Waals surface area contributed by atoms with Crippen molar-refractivity contribution in [3.8, 4) is 11.5 Å². The summed E-state index contributed by atoms with van der Waals surface area (Å²) >= 11 is 0.994. The lowest BCUT2D eigenvalue weighted by Crippen LogP contribution is -2.29. The monoisotopic (exact) mass is 566 g/mol. The van der Waals surface area contributed by atoms with Gasteiger partial charge in [0.2, 0.25) is 0 Å². The van der Waals surface area contributed by atoms with Gasteiger partial charge in [-0.15, -0.1) is 0 Å². The maximum absolute atomic E-state index is 13.6. The average Bonchev–Trinajstić information content (AvgIpc) is 3.41. The molecule has 1 fully saturated rings. The van der Waals surface area contributed by atoms with Crippen LogP contribution in [-0.2, 0) is 9.59 Å². The molecule has 1 atom stereocenters. The number of carbonyl (C=O) groups excluding carboxylic acids is 3. The minimum absolute atomic E-state index is 0.142. The Balaban J connectivity index is 1.90. The quantitative estimate of drug-likeness (QED) is 0.134. The number of rotatable bonds is 10. The number of aliphatic hydroxyl groups excluding tert-OH is 1. The van der Waals surface area contributed by atoms with Crippen LogP contribution in [0.2, 0.25) is 0 Å². The number of aromatic nitrogens is 1. The fourth-order valence-electron chi connectivity index (χ4n) is 4.41. The molecule has 1 unspecified atom stereocenters. The van der Waals surface area contributed by atoms with Gasteiger partial charge in [0, 0.05) is 12.5 Å². The van der Waals surface area contributed by atoms with Crippen LogP contribution in [0.4, 0.5) is 9.52 Å². The van der Waals surface area contributed by atoms with Crippen LogP contribution in [0.1, 0.15) is 66.7 Å². The van der Waals surface area contributed by atoms with Gasteiger partial charge in [0.15, 0.2) is 22.4 Å². The van der Waals surface area contributed by atoms with Crippen molar-refractivity contribution in [3.05, 3.63) is 75.6 Å². The predicted octanol–water partition coefficient (Wildman–Crippen LogP) is 6.24. The summed E-state index contributed by atoms with van der Waals surface area (Å²) in [5, 5.41) is 11.4. The van der Waals surface area contributed by atoms with Gasteiger partial charge in [-0.2, -0.15) is 0 Å². The zero-order valence-corrected chi connectivity index (χ0v) is 23.8. The Morgan fingerprint density at radius 1 is 1.12 bits per heavy atom. The standard InChI is InChI=1S/C30H31FN2O6S/c1-6-38-23-15-20(9-12-22(23)39-14-13-16(2)3)25-24(26(35)19-7-10-21(31)11-8-19)27(36)29(37)33(25)30-32-17(4)28(40-30)18(5)34/h7-12,15-16,25,35H,6,13-14H2,1-5H3. The zero-order valence-electron chi connectivity index (χ0n) is 23.0. The van der Waals surface area contributed by atoms with Gasteiger partial charge in [0.05, 0.1) is 35.4 Å². The molecule has 1 amide bonds. The largest absolute Gasteiger partial charge is 0.507 e. The van der Waals surface area contributed by atoms with Crippen molar-refractivity contribution in [3.63, 3.8) is 0 Å². The van der Waals surface area contributed by atoms with Gasteiger partial charge < -0.3 is 14.6 Å². The Morgan fingerprint density at radius 2 is 1.82 bits per heavy atom. The normalized spacial score (nSPS) is 16.6. The maximum Gasteiger partial charge on any atom is 0.301 e. The second-order valence-electron chi connectivity index (χ2n) is 9.81. The topological polar surface area (TPSA) is 106 Å². The van der Waals surface area contributed by atoms with Crippen LogP contribution in [0, 0.1) is 18.7 Å². The molecule has 0 radical (unpaired) electrons. The first kappa shape index (κ1) is 28.9. The smallest absolute Gasteiger partial charge is 0.301 e. The number of amides is 1. The molecule has 1 N–H and O–H groups in total. The number of ketones is 2. The third kappa shape index (κ3) is 5.77. The van der Waals surface area contributed by atoms with Gasteiger partial charge >= 0.3 is 5.91 Å². The highest BCUT2D eigenvalue weighted by atomic mass is 32.1. The van der Waals surface area contributed by atoms with E-state index in [0.29, 0.717) is 46.8 Å². The number of aryl methyl sites for hydroxylation is 1. The highest BCUT2D eigenvalue weighted by Gasteiger charge is 2.48. The van der Waals surface area contributed by atoms with E-state index in [1.54, 1.807) is 25.1 Å². The molecule has 1 aliphatic rings. The van der Waals surface area contributed by atoms with Crippen molar-refractivity contribution in [2.24, 2.45) is 5.92 Å². The van der Waals surface area contributed by atoms with Crippen LogP contribution < -0.4 is 14.4 Å². The average molecular weight is 567 g/mol. The number of benzene rings is 2. The van der Waals surface area contributed by atoms with Gasteiger partial charge in [-0.05, 0) is 68.1 Å². The zero-order chi connectivity index (χ0) is 29.1. The van der Waals surface area contributed by atoms with Gasteiger partial charge in [0.1, 0.15) is 11.6 Å². The number of halogens is 1. The number of ether oxygens (including phenoxy) is 2. The fourth-order valence-corrected chi connectivity index (χ4v) is 5.40. The minimum atomic E-state index is -1.10. The van der Waals surface area contributed by atoms with Crippen LogP contribution in [0.3, 0.4) is 0 Å². The van der Waals surface area contributed by atoms with Crippen molar-refractivity contribution >= 4 is 39.7 Å². The van der Waals surface area contributed by atoms with Crippen LogP contribution in [0.5, 0.6) is 11.5 Å². The molecule has 4 rings (SSSR count). The number of hydrogen-bond donors (Lipinski definition) is 1. The second-order valence-corrected chi connectivity index (χ2v) is 10.8. The summed E-state index contributed by atoms with van der Waals surface area (Å²) in [5.41, 5.74) is 0.864. The SMILES string of the molecule is CCOc1cc(C2C(=C(O)c3ccc(F)cc3)C(=O)C(=O)N2c2nc(C)c(C(C)=O)s2)ccc1OCCC(C)C. The Hall–Kier alpha value is -4.05. The molecule has 10 heteroatoms. The second kappa shape index (κ2) is 12.0. The van der Waals surface area contributed by atoms with E-state index in [9.17, 15) is 23.9 Å². The Labute approximate surface area is 236 Å². The third-order valence-corrected chi connectivity index (χ3v) is 7.67. The van der Waals surface area contributed by atoms with Crippen LogP contribution in [0.25, 0.3) is 5.76 Å². The molecule has 2 heterocycles. The molecule has 0 aliphatic carbocycles. The van der Waals surface area contributed by atoms with E-state index in [-0.39, 0.29) is 22.1 Å².